The van der Waals surface area contributed by atoms with Crippen LogP contribution in [0.4, 0.5) is 0 Å². The average molecular weight is 360 g/mol. The number of nitrogens with one attached hydrogen (secondary N) is 1. The van der Waals surface area contributed by atoms with E-state index in [2.05, 4.69) is 10.4 Å². The van der Waals surface area contributed by atoms with Gasteiger partial charge in [0.15, 0.2) is 0 Å². The average Bonchev–Trinajstić information content (AvgIpc) is 2.59. The first-order valence-corrected chi connectivity index (χ1v) is 8.50. The molecule has 0 aliphatic rings. The van der Waals surface area contributed by atoms with Crippen LogP contribution in [0.5, 0.6) is 0 Å². The van der Waals surface area contributed by atoms with Gasteiger partial charge >= 0.3 is 0 Å². The third kappa shape index (κ3) is 3.60. The van der Waals surface area contributed by atoms with Crippen molar-refractivity contribution in [3.8, 4) is 0 Å². The van der Waals surface area contributed by atoms with Gasteiger partial charge in [0.05, 0.1) is 16.2 Å². The van der Waals surface area contributed by atoms with E-state index in [1.807, 2.05) is 18.2 Å². The van der Waals surface area contributed by atoms with Crippen LogP contribution in [0.2, 0.25) is 5.02 Å². The lowest BCUT2D eigenvalue weighted by Crippen LogP contribution is -2.36. The van der Waals surface area contributed by atoms with Gasteiger partial charge < -0.3 is 0 Å². The molecule has 0 aliphatic heterocycles. The van der Waals surface area contributed by atoms with Gasteiger partial charge in [-0.3, -0.25) is 15.0 Å². The summed E-state index contributed by atoms with van der Waals surface area (Å²) in [5, 5.41) is 0.716. The van der Waals surface area contributed by atoms with Crippen molar-refractivity contribution in [3.05, 3.63) is 70.2 Å². The van der Waals surface area contributed by atoms with E-state index in [4.69, 9.17) is 11.6 Å². The van der Waals surface area contributed by atoms with Crippen LogP contribution in [0.3, 0.4) is 0 Å². The number of carbonyl (C=O) groups excluding carboxylic acids is 1. The van der Waals surface area contributed by atoms with Gasteiger partial charge in [-0.05, 0) is 43.3 Å². The highest BCUT2D eigenvalue weighted by atomic mass is 35.5. The highest BCUT2D eigenvalue weighted by Gasteiger charge is 2.16. The van der Waals surface area contributed by atoms with Crippen molar-refractivity contribution < 1.29 is 4.79 Å². The van der Waals surface area contributed by atoms with Gasteiger partial charge in [-0.2, -0.15) is 0 Å². The fraction of sp³-hybridized carbons (Fsp3) is 0.118. The Morgan fingerprint density at radius 2 is 1.92 bits per heavy atom. The summed E-state index contributed by atoms with van der Waals surface area (Å²) in [4.78, 5) is 29.8. The van der Waals surface area contributed by atoms with E-state index < -0.39 is 0 Å². The molecule has 7 heteroatoms. The molecule has 24 heavy (non-hydrogen) atoms. The van der Waals surface area contributed by atoms with Crippen LogP contribution in [0.1, 0.15) is 6.92 Å². The molecule has 122 valence electrons. The van der Waals surface area contributed by atoms with Crippen molar-refractivity contribution >= 4 is 40.2 Å². The summed E-state index contributed by atoms with van der Waals surface area (Å²) in [6, 6.07) is 14.2. The molecular formula is C17H14ClN3O2S. The summed E-state index contributed by atoms with van der Waals surface area (Å²) >= 11 is 7.23. The molecule has 2 aromatic carbocycles. The van der Waals surface area contributed by atoms with Crippen molar-refractivity contribution in [2.24, 2.45) is 0 Å². The van der Waals surface area contributed by atoms with Crippen molar-refractivity contribution in [3.63, 3.8) is 0 Å². The maximum Gasteiger partial charge on any atom is 0.280 e. The largest absolute Gasteiger partial charge is 0.280 e. The summed E-state index contributed by atoms with van der Waals surface area (Å²) < 4.78 is 1.11. The zero-order chi connectivity index (χ0) is 17.1. The van der Waals surface area contributed by atoms with Crippen molar-refractivity contribution in [2.45, 2.75) is 17.1 Å². The Balaban J connectivity index is 1.75. The summed E-state index contributed by atoms with van der Waals surface area (Å²) in [5.74, 6) is -0.283. The molecule has 0 radical (unpaired) electrons. The van der Waals surface area contributed by atoms with Crippen molar-refractivity contribution in [2.75, 3.05) is 5.43 Å². The molecule has 5 nitrogen and oxygen atoms in total. The molecule has 1 amide bonds. The van der Waals surface area contributed by atoms with Crippen molar-refractivity contribution in [1.29, 1.82) is 0 Å². The minimum Gasteiger partial charge on any atom is -0.272 e. The molecular weight excluding hydrogens is 346 g/mol. The molecule has 0 fully saturated rings. The molecule has 0 spiro atoms. The monoisotopic (exact) mass is 359 g/mol. The van der Waals surface area contributed by atoms with Gasteiger partial charge in [-0.15, -0.1) is 11.8 Å². The fourth-order valence-corrected chi connectivity index (χ4v) is 3.12. The lowest BCUT2D eigenvalue weighted by Gasteiger charge is -2.13. The van der Waals surface area contributed by atoms with Gasteiger partial charge in [0.1, 0.15) is 6.33 Å². The van der Waals surface area contributed by atoms with Crippen LogP contribution in [0, 0.1) is 0 Å². The van der Waals surface area contributed by atoms with Gasteiger partial charge in [0.25, 0.3) is 11.5 Å². The van der Waals surface area contributed by atoms with Crippen LogP contribution in [0.15, 0.2) is 64.5 Å². The molecule has 1 atom stereocenters. The topological polar surface area (TPSA) is 64.0 Å². The van der Waals surface area contributed by atoms with Gasteiger partial charge in [-0.25, -0.2) is 9.66 Å². The number of fused-ring (bicyclic) bond motifs is 1. The van der Waals surface area contributed by atoms with Crippen LogP contribution >= 0.6 is 23.4 Å². The quantitative estimate of drug-likeness (QED) is 0.726. The Kier molecular flexibility index (Phi) is 4.87. The van der Waals surface area contributed by atoms with Gasteiger partial charge in [0, 0.05) is 9.92 Å². The number of carbonyl (C=O) groups is 1. The minimum absolute atomic E-state index is 0.283. The lowest BCUT2D eigenvalue weighted by molar-refractivity contribution is -0.116. The number of halogens is 1. The minimum atomic E-state index is -0.385. The van der Waals surface area contributed by atoms with E-state index in [1.54, 1.807) is 37.3 Å². The number of amides is 1. The Hall–Kier alpha value is -2.31. The molecule has 1 unspecified atom stereocenters. The van der Waals surface area contributed by atoms with E-state index in [1.165, 1.54) is 18.1 Å². The van der Waals surface area contributed by atoms with Crippen LogP contribution in [-0.4, -0.2) is 20.8 Å². The number of hydrogen-bond acceptors (Lipinski definition) is 4. The SMILES string of the molecule is CC(Sc1ccc(Cl)cc1)C(=O)Nn1cnc2ccccc2c1=O. The number of thioether (sulfide) groups is 1. The number of hydrogen-bond donors (Lipinski definition) is 1. The number of para-hydroxylation sites is 1. The number of aromatic nitrogens is 2. The zero-order valence-corrected chi connectivity index (χ0v) is 14.3. The molecule has 0 aliphatic carbocycles. The number of benzene rings is 2. The molecule has 1 N–H and O–H groups in total. The first-order valence-electron chi connectivity index (χ1n) is 7.24. The predicted molar refractivity (Wildman–Crippen MR) is 97.1 cm³/mol. The Morgan fingerprint density at radius 3 is 2.67 bits per heavy atom. The van der Waals surface area contributed by atoms with E-state index in [0.29, 0.717) is 15.9 Å². The maximum atomic E-state index is 12.4. The summed E-state index contributed by atoms with van der Waals surface area (Å²) in [6.07, 6.45) is 1.32. The summed E-state index contributed by atoms with van der Waals surface area (Å²) in [6.45, 7) is 1.77. The second kappa shape index (κ2) is 7.07. The van der Waals surface area contributed by atoms with Crippen LogP contribution < -0.4 is 11.0 Å². The fourth-order valence-electron chi connectivity index (χ4n) is 2.13. The molecule has 0 saturated carbocycles. The normalized spacial score (nSPS) is 12.1. The summed E-state index contributed by atoms with van der Waals surface area (Å²) in [5.41, 5.74) is 2.88. The number of nitrogens with zero attached hydrogens (tertiary/aromatic N) is 2. The Morgan fingerprint density at radius 1 is 1.21 bits per heavy atom. The van der Waals surface area contributed by atoms with Crippen LogP contribution in [-0.2, 0) is 4.79 Å². The Bertz CT molecular complexity index is 940. The van der Waals surface area contributed by atoms with E-state index in [-0.39, 0.29) is 16.7 Å². The zero-order valence-electron chi connectivity index (χ0n) is 12.8. The lowest BCUT2D eigenvalue weighted by atomic mass is 10.2. The molecule has 1 heterocycles. The second-order valence-corrected chi connectivity index (χ2v) is 6.98. The third-order valence-corrected chi connectivity index (χ3v) is 4.76. The smallest absolute Gasteiger partial charge is 0.272 e. The maximum absolute atomic E-state index is 12.4. The van der Waals surface area contributed by atoms with Gasteiger partial charge in [0.2, 0.25) is 0 Å². The molecule has 3 rings (SSSR count). The standard InChI is InChI=1S/C17H14ClN3O2S/c1-11(24-13-8-6-12(18)7-9-13)16(22)20-21-10-19-15-5-3-2-4-14(15)17(21)23/h2-11H,1H3,(H,20,22). The first-order chi connectivity index (χ1) is 11.5. The highest BCUT2D eigenvalue weighted by Crippen LogP contribution is 2.24. The predicted octanol–water partition coefficient (Wildman–Crippen LogP) is 3.30. The van der Waals surface area contributed by atoms with Gasteiger partial charge in [-0.1, -0.05) is 23.7 Å². The molecule has 1 aromatic heterocycles. The molecule has 0 saturated heterocycles. The van der Waals surface area contributed by atoms with Crippen LogP contribution in [0.25, 0.3) is 10.9 Å². The molecule has 3 aromatic rings. The molecule has 0 bridgehead atoms. The third-order valence-electron chi connectivity index (χ3n) is 3.39. The highest BCUT2D eigenvalue weighted by molar-refractivity contribution is 8.00. The van der Waals surface area contributed by atoms with E-state index in [0.717, 1.165) is 9.57 Å². The Labute approximate surface area is 147 Å². The van der Waals surface area contributed by atoms with E-state index >= 15 is 0 Å². The number of rotatable bonds is 4. The first kappa shape index (κ1) is 16.5. The summed E-state index contributed by atoms with van der Waals surface area (Å²) in [7, 11) is 0. The second-order valence-electron chi connectivity index (χ2n) is 5.13. The van der Waals surface area contributed by atoms with Crippen molar-refractivity contribution in [1.82, 2.24) is 9.66 Å². The van der Waals surface area contributed by atoms with E-state index in [9.17, 15) is 9.59 Å².